The lowest BCUT2D eigenvalue weighted by molar-refractivity contribution is 0.0698. The highest BCUT2D eigenvalue weighted by Gasteiger charge is 2.12. The molecule has 0 radical (unpaired) electrons. The van der Waals surface area contributed by atoms with Crippen molar-refractivity contribution in [3.8, 4) is 0 Å². The van der Waals surface area contributed by atoms with Gasteiger partial charge in [0.1, 0.15) is 0 Å². The van der Waals surface area contributed by atoms with Gasteiger partial charge < -0.3 is 21.1 Å². The second kappa shape index (κ2) is 5.52. The van der Waals surface area contributed by atoms with Gasteiger partial charge in [-0.05, 0) is 30.3 Å². The van der Waals surface area contributed by atoms with Crippen LogP contribution in [0.1, 0.15) is 10.4 Å². The van der Waals surface area contributed by atoms with E-state index in [-0.39, 0.29) is 5.56 Å². The molecule has 4 N–H and O–H groups in total. The molecule has 0 heterocycles. The van der Waals surface area contributed by atoms with Crippen molar-refractivity contribution in [3.63, 3.8) is 0 Å². The lowest BCUT2D eigenvalue weighted by atomic mass is 10.1. The Hall–Kier alpha value is -2.69. The average Bonchev–Trinajstić information content (AvgIpc) is 2.41. The zero-order valence-electron chi connectivity index (χ0n) is 11.4. The number of nitrogens with one attached hydrogen (secondary N) is 1. The molecule has 2 rings (SSSR count). The average molecular weight is 271 g/mol. The van der Waals surface area contributed by atoms with Gasteiger partial charge >= 0.3 is 5.97 Å². The highest BCUT2D eigenvalue weighted by atomic mass is 16.4. The van der Waals surface area contributed by atoms with Crippen LogP contribution >= 0.6 is 0 Å². The number of carboxylic acid groups (broad SMARTS) is 1. The Labute approximate surface area is 117 Å². The van der Waals surface area contributed by atoms with E-state index in [1.165, 1.54) is 6.07 Å². The number of nitrogens with two attached hydrogens (primary N) is 1. The number of hydrogen-bond acceptors (Lipinski definition) is 4. The highest BCUT2D eigenvalue weighted by Crippen LogP contribution is 2.28. The highest BCUT2D eigenvalue weighted by molar-refractivity contribution is 5.98. The van der Waals surface area contributed by atoms with E-state index in [9.17, 15) is 9.90 Å². The van der Waals surface area contributed by atoms with Crippen LogP contribution in [0.15, 0.2) is 42.5 Å². The number of hydrogen-bond donors (Lipinski definition) is 3. The molecule has 0 aliphatic rings. The number of nitrogens with zero attached hydrogens (tertiary/aromatic N) is 1. The summed E-state index contributed by atoms with van der Waals surface area (Å²) in [5, 5.41) is 12.3. The monoisotopic (exact) mass is 271 g/mol. The fourth-order valence-electron chi connectivity index (χ4n) is 1.89. The Kier molecular flexibility index (Phi) is 3.79. The van der Waals surface area contributed by atoms with Gasteiger partial charge in [0.25, 0.3) is 0 Å². The Morgan fingerprint density at radius 1 is 1.20 bits per heavy atom. The quantitative estimate of drug-likeness (QED) is 0.745. The predicted octanol–water partition coefficient (Wildman–Crippen LogP) is 2.78. The van der Waals surface area contributed by atoms with Crippen molar-refractivity contribution in [3.05, 3.63) is 48.0 Å². The molecule has 20 heavy (non-hydrogen) atoms. The summed E-state index contributed by atoms with van der Waals surface area (Å²) in [5.74, 6) is -1.01. The van der Waals surface area contributed by atoms with Crippen LogP contribution in [0.4, 0.5) is 22.7 Å². The topological polar surface area (TPSA) is 78.6 Å². The van der Waals surface area contributed by atoms with Gasteiger partial charge in [-0.25, -0.2) is 4.79 Å². The maximum Gasteiger partial charge on any atom is 0.337 e. The van der Waals surface area contributed by atoms with E-state index in [4.69, 9.17) is 5.73 Å². The molecule has 0 spiro atoms. The van der Waals surface area contributed by atoms with Gasteiger partial charge in [0.05, 0.1) is 16.9 Å². The number of anilines is 4. The molecule has 2 aromatic carbocycles. The molecule has 5 nitrogen and oxygen atoms in total. The predicted molar refractivity (Wildman–Crippen MR) is 81.9 cm³/mol. The first-order valence-corrected chi connectivity index (χ1v) is 6.15. The zero-order valence-corrected chi connectivity index (χ0v) is 11.4. The molecule has 0 bridgehead atoms. The molecule has 0 saturated carbocycles. The Balaban J connectivity index is 2.40. The Morgan fingerprint density at radius 3 is 2.55 bits per heavy atom. The summed E-state index contributed by atoms with van der Waals surface area (Å²) in [5.41, 5.74) is 8.64. The molecule has 0 unspecified atom stereocenters. The second-order valence-corrected chi connectivity index (χ2v) is 4.64. The number of carboxylic acids is 1. The van der Waals surface area contributed by atoms with Crippen LogP contribution in [0.3, 0.4) is 0 Å². The molecule has 0 aliphatic carbocycles. The van der Waals surface area contributed by atoms with Crippen LogP contribution < -0.4 is 16.0 Å². The van der Waals surface area contributed by atoms with Crippen molar-refractivity contribution in [1.29, 1.82) is 0 Å². The van der Waals surface area contributed by atoms with E-state index < -0.39 is 5.97 Å². The van der Waals surface area contributed by atoms with E-state index in [2.05, 4.69) is 5.32 Å². The molecule has 0 saturated heterocycles. The summed E-state index contributed by atoms with van der Waals surface area (Å²) in [6.07, 6.45) is 0. The summed E-state index contributed by atoms with van der Waals surface area (Å²) < 4.78 is 0. The molecule has 5 heteroatoms. The van der Waals surface area contributed by atoms with Crippen LogP contribution in [0.5, 0.6) is 0 Å². The van der Waals surface area contributed by atoms with E-state index >= 15 is 0 Å². The van der Waals surface area contributed by atoms with Gasteiger partial charge in [-0.2, -0.15) is 0 Å². The number of para-hydroxylation sites is 1. The zero-order chi connectivity index (χ0) is 14.7. The van der Waals surface area contributed by atoms with Crippen molar-refractivity contribution >= 4 is 28.7 Å². The van der Waals surface area contributed by atoms with Crippen LogP contribution in [0.25, 0.3) is 0 Å². The van der Waals surface area contributed by atoms with Crippen LogP contribution in [0, 0.1) is 0 Å². The van der Waals surface area contributed by atoms with Crippen molar-refractivity contribution in [2.45, 2.75) is 0 Å². The Morgan fingerprint density at radius 2 is 1.90 bits per heavy atom. The van der Waals surface area contributed by atoms with Gasteiger partial charge in [-0.3, -0.25) is 0 Å². The maximum atomic E-state index is 11.2. The summed E-state index contributed by atoms with van der Waals surface area (Å²) in [7, 11) is 3.89. The minimum Gasteiger partial charge on any atom is -0.478 e. The minimum atomic E-state index is -1.01. The van der Waals surface area contributed by atoms with Crippen LogP contribution in [0.2, 0.25) is 0 Å². The summed E-state index contributed by atoms with van der Waals surface area (Å²) >= 11 is 0. The molecule has 0 atom stereocenters. The number of nitrogen functional groups attached to an aromatic ring is 1. The smallest absolute Gasteiger partial charge is 0.337 e. The third-order valence-electron chi connectivity index (χ3n) is 2.96. The molecule has 0 amide bonds. The summed E-state index contributed by atoms with van der Waals surface area (Å²) in [6.45, 7) is 0. The van der Waals surface area contributed by atoms with Crippen molar-refractivity contribution in [1.82, 2.24) is 0 Å². The van der Waals surface area contributed by atoms with Crippen molar-refractivity contribution in [2.75, 3.05) is 30.0 Å². The number of carbonyl (C=O) groups is 1. The largest absolute Gasteiger partial charge is 0.478 e. The third kappa shape index (κ3) is 2.83. The van der Waals surface area contributed by atoms with Gasteiger partial charge in [0, 0.05) is 25.5 Å². The van der Waals surface area contributed by atoms with Gasteiger partial charge in [0.15, 0.2) is 0 Å². The fourth-order valence-corrected chi connectivity index (χ4v) is 1.89. The third-order valence-corrected chi connectivity index (χ3v) is 2.96. The standard InChI is InChI=1S/C15H17N3O2/c1-18(2)11-6-3-5-10(9-11)17-14-12(15(19)20)7-4-8-13(14)16/h3-9,17H,16H2,1-2H3,(H,19,20). The maximum absolute atomic E-state index is 11.2. The SMILES string of the molecule is CN(C)c1cccc(Nc2c(N)cccc2C(=O)O)c1. The first kappa shape index (κ1) is 13.7. The van der Waals surface area contributed by atoms with Crippen LogP contribution in [-0.2, 0) is 0 Å². The molecule has 2 aromatic rings. The number of aromatic carboxylic acids is 1. The molecule has 0 aromatic heterocycles. The van der Waals surface area contributed by atoms with Gasteiger partial charge in [-0.1, -0.05) is 12.1 Å². The van der Waals surface area contributed by atoms with E-state index in [1.54, 1.807) is 12.1 Å². The van der Waals surface area contributed by atoms with Gasteiger partial charge in [-0.15, -0.1) is 0 Å². The lowest BCUT2D eigenvalue weighted by Gasteiger charge is -2.16. The first-order chi connectivity index (χ1) is 9.49. The molecule has 0 fully saturated rings. The molecule has 0 aliphatic heterocycles. The second-order valence-electron chi connectivity index (χ2n) is 4.64. The number of benzene rings is 2. The normalized spacial score (nSPS) is 10.1. The molecular weight excluding hydrogens is 254 g/mol. The fraction of sp³-hybridized carbons (Fsp3) is 0.133. The van der Waals surface area contributed by atoms with Crippen molar-refractivity contribution < 1.29 is 9.90 Å². The van der Waals surface area contributed by atoms with E-state index in [1.807, 2.05) is 43.3 Å². The lowest BCUT2D eigenvalue weighted by Crippen LogP contribution is -2.09. The van der Waals surface area contributed by atoms with E-state index in [0.717, 1.165) is 11.4 Å². The van der Waals surface area contributed by atoms with Crippen LogP contribution in [-0.4, -0.2) is 25.2 Å². The summed E-state index contributed by atoms with van der Waals surface area (Å²) in [4.78, 5) is 13.2. The number of rotatable bonds is 4. The molecular formula is C15H17N3O2. The minimum absolute atomic E-state index is 0.153. The van der Waals surface area contributed by atoms with Gasteiger partial charge in [0.2, 0.25) is 0 Å². The summed E-state index contributed by atoms with van der Waals surface area (Å²) in [6, 6.07) is 12.5. The van der Waals surface area contributed by atoms with Crippen molar-refractivity contribution in [2.24, 2.45) is 0 Å². The van der Waals surface area contributed by atoms with E-state index in [0.29, 0.717) is 11.4 Å². The first-order valence-electron chi connectivity index (χ1n) is 6.15. The Bertz CT molecular complexity index is 639. The molecule has 104 valence electrons.